The van der Waals surface area contributed by atoms with Gasteiger partial charge in [-0.1, -0.05) is 11.8 Å². The molecule has 0 atom stereocenters. The first-order chi connectivity index (χ1) is 7.16. The molecule has 0 saturated heterocycles. The number of aromatic nitrogens is 1. The van der Waals surface area contributed by atoms with E-state index in [9.17, 15) is 0 Å². The average molecular weight is 284 g/mol. The van der Waals surface area contributed by atoms with Crippen LogP contribution in [0, 0.1) is 13.8 Å². The lowest BCUT2D eigenvalue weighted by Crippen LogP contribution is -1.85. The lowest BCUT2D eigenvalue weighted by atomic mass is 10.3. The van der Waals surface area contributed by atoms with E-state index >= 15 is 0 Å². The van der Waals surface area contributed by atoms with Crippen molar-refractivity contribution >= 4 is 27.7 Å². The monoisotopic (exact) mass is 283 g/mol. The smallest absolute Gasteiger partial charge is 0.114 e. The Balaban J connectivity index is 2.29. The molecule has 0 spiro atoms. The predicted octanol–water partition coefficient (Wildman–Crippen LogP) is 4.21. The zero-order valence-corrected chi connectivity index (χ0v) is 10.9. The third-order valence-electron chi connectivity index (χ3n) is 2.01. The predicted molar refractivity (Wildman–Crippen MR) is 64.2 cm³/mol. The summed E-state index contributed by atoms with van der Waals surface area (Å²) in [7, 11) is 0. The van der Waals surface area contributed by atoms with Gasteiger partial charge in [-0.05, 0) is 47.5 Å². The Morgan fingerprint density at radius 2 is 2.20 bits per heavy atom. The number of pyridine rings is 1. The molecular formula is C11H10BrNOS. The molecule has 2 aromatic rings. The maximum atomic E-state index is 5.24. The quantitative estimate of drug-likeness (QED) is 0.826. The first kappa shape index (κ1) is 10.8. The second kappa shape index (κ2) is 4.41. The van der Waals surface area contributed by atoms with Crippen molar-refractivity contribution in [2.75, 3.05) is 0 Å². The summed E-state index contributed by atoms with van der Waals surface area (Å²) in [5.41, 5.74) is 1.16. The number of furan rings is 1. The molecule has 0 amide bonds. The van der Waals surface area contributed by atoms with E-state index < -0.39 is 0 Å². The van der Waals surface area contributed by atoms with E-state index in [0.29, 0.717) is 0 Å². The van der Waals surface area contributed by atoms with Crippen LogP contribution in [-0.4, -0.2) is 4.98 Å². The van der Waals surface area contributed by atoms with Crippen molar-refractivity contribution < 1.29 is 4.42 Å². The minimum atomic E-state index is 0.934. The van der Waals surface area contributed by atoms with Gasteiger partial charge in [0.1, 0.15) is 10.8 Å². The standard InChI is InChI=1S/C11H10BrNOS/c1-7-5-9(12)6-13-11(7)15-10-3-4-14-8(10)2/h3-6H,1-2H3. The summed E-state index contributed by atoms with van der Waals surface area (Å²) in [6.07, 6.45) is 3.51. The molecule has 0 fully saturated rings. The third kappa shape index (κ3) is 2.44. The molecule has 0 N–H and O–H groups in total. The van der Waals surface area contributed by atoms with E-state index in [-0.39, 0.29) is 0 Å². The molecule has 0 unspecified atom stereocenters. The van der Waals surface area contributed by atoms with E-state index in [1.54, 1.807) is 18.0 Å². The van der Waals surface area contributed by atoms with Gasteiger partial charge >= 0.3 is 0 Å². The fourth-order valence-electron chi connectivity index (χ4n) is 1.22. The molecule has 2 heterocycles. The van der Waals surface area contributed by atoms with Crippen LogP contribution in [0.5, 0.6) is 0 Å². The largest absolute Gasteiger partial charge is 0.468 e. The number of hydrogen-bond acceptors (Lipinski definition) is 3. The normalized spacial score (nSPS) is 10.6. The maximum absolute atomic E-state index is 5.24. The van der Waals surface area contributed by atoms with Crippen molar-refractivity contribution in [2.24, 2.45) is 0 Å². The van der Waals surface area contributed by atoms with Gasteiger partial charge in [-0.25, -0.2) is 4.98 Å². The van der Waals surface area contributed by atoms with Crippen LogP contribution < -0.4 is 0 Å². The second-order valence-corrected chi connectivity index (χ2v) is 5.17. The van der Waals surface area contributed by atoms with E-state index in [2.05, 4.69) is 33.9 Å². The van der Waals surface area contributed by atoms with Gasteiger partial charge in [-0.15, -0.1) is 0 Å². The molecule has 0 radical (unpaired) electrons. The van der Waals surface area contributed by atoms with Crippen LogP contribution in [0.4, 0.5) is 0 Å². The van der Waals surface area contributed by atoms with E-state index in [4.69, 9.17) is 4.42 Å². The topological polar surface area (TPSA) is 26.0 Å². The highest BCUT2D eigenvalue weighted by Gasteiger charge is 2.07. The van der Waals surface area contributed by atoms with Crippen molar-refractivity contribution in [3.63, 3.8) is 0 Å². The number of hydrogen-bond donors (Lipinski definition) is 0. The summed E-state index contributed by atoms with van der Waals surface area (Å²) >= 11 is 5.03. The van der Waals surface area contributed by atoms with Crippen molar-refractivity contribution in [1.82, 2.24) is 4.98 Å². The SMILES string of the molecule is Cc1cc(Br)cnc1Sc1ccoc1C. The molecule has 15 heavy (non-hydrogen) atoms. The molecule has 2 aromatic heterocycles. The van der Waals surface area contributed by atoms with Gasteiger partial charge < -0.3 is 4.42 Å². The second-order valence-electron chi connectivity index (χ2n) is 3.22. The molecule has 2 rings (SSSR count). The summed E-state index contributed by atoms with van der Waals surface area (Å²) in [5.74, 6) is 0.934. The van der Waals surface area contributed by atoms with Gasteiger partial charge in [0.2, 0.25) is 0 Å². The van der Waals surface area contributed by atoms with Crippen molar-refractivity contribution in [3.05, 3.63) is 40.4 Å². The summed E-state index contributed by atoms with van der Waals surface area (Å²) in [6.45, 7) is 4.01. The van der Waals surface area contributed by atoms with Crippen LogP contribution in [0.1, 0.15) is 11.3 Å². The molecule has 0 aliphatic carbocycles. The molecule has 0 aromatic carbocycles. The lowest BCUT2D eigenvalue weighted by molar-refractivity contribution is 0.527. The summed E-state index contributed by atoms with van der Waals surface area (Å²) in [4.78, 5) is 5.49. The number of halogens is 1. The maximum Gasteiger partial charge on any atom is 0.114 e. The Labute approximate surface area is 101 Å². The Kier molecular flexibility index (Phi) is 3.17. The van der Waals surface area contributed by atoms with E-state index in [1.165, 1.54) is 0 Å². The third-order valence-corrected chi connectivity index (χ3v) is 3.71. The van der Waals surface area contributed by atoms with Gasteiger partial charge in [0.25, 0.3) is 0 Å². The summed E-state index contributed by atoms with van der Waals surface area (Å²) in [6, 6.07) is 4.02. The van der Waals surface area contributed by atoms with Gasteiger partial charge in [0, 0.05) is 10.7 Å². The van der Waals surface area contributed by atoms with Crippen LogP contribution in [0.15, 0.2) is 43.4 Å². The number of nitrogens with zero attached hydrogens (tertiary/aromatic N) is 1. The minimum absolute atomic E-state index is 0.934. The van der Waals surface area contributed by atoms with Crippen molar-refractivity contribution in [2.45, 2.75) is 23.8 Å². The highest BCUT2D eigenvalue weighted by molar-refractivity contribution is 9.10. The molecular weight excluding hydrogens is 274 g/mol. The Morgan fingerprint density at radius 3 is 2.80 bits per heavy atom. The van der Waals surface area contributed by atoms with Crippen molar-refractivity contribution in [1.29, 1.82) is 0 Å². The molecule has 0 aliphatic rings. The average Bonchev–Trinajstić information content (AvgIpc) is 2.57. The summed E-state index contributed by atoms with van der Waals surface area (Å²) in [5, 5.41) is 1.02. The van der Waals surface area contributed by atoms with Crippen molar-refractivity contribution in [3.8, 4) is 0 Å². The number of aryl methyl sites for hydroxylation is 2. The highest BCUT2D eigenvalue weighted by atomic mass is 79.9. The van der Waals surface area contributed by atoms with Gasteiger partial charge in [-0.2, -0.15) is 0 Å². The Bertz CT molecular complexity index is 481. The lowest BCUT2D eigenvalue weighted by Gasteiger charge is -2.03. The highest BCUT2D eigenvalue weighted by Crippen LogP contribution is 2.32. The fraction of sp³-hybridized carbons (Fsp3) is 0.182. The zero-order valence-electron chi connectivity index (χ0n) is 8.45. The Morgan fingerprint density at radius 1 is 1.40 bits per heavy atom. The van der Waals surface area contributed by atoms with Crippen LogP contribution in [0.25, 0.3) is 0 Å². The Hall–Kier alpha value is -0.740. The van der Waals surface area contributed by atoms with Crippen LogP contribution in [0.2, 0.25) is 0 Å². The van der Waals surface area contributed by atoms with Crippen LogP contribution in [-0.2, 0) is 0 Å². The zero-order chi connectivity index (χ0) is 10.8. The number of rotatable bonds is 2. The van der Waals surface area contributed by atoms with Gasteiger partial charge in [-0.3, -0.25) is 0 Å². The molecule has 78 valence electrons. The molecule has 0 saturated carbocycles. The van der Waals surface area contributed by atoms with E-state index in [1.807, 2.05) is 19.2 Å². The van der Waals surface area contributed by atoms with Gasteiger partial charge in [0.05, 0.1) is 11.2 Å². The first-order valence-corrected chi connectivity index (χ1v) is 6.12. The summed E-state index contributed by atoms with van der Waals surface area (Å²) < 4.78 is 6.25. The molecule has 4 heteroatoms. The molecule has 2 nitrogen and oxygen atoms in total. The molecule has 0 aliphatic heterocycles. The van der Waals surface area contributed by atoms with E-state index in [0.717, 1.165) is 25.7 Å². The minimum Gasteiger partial charge on any atom is -0.468 e. The first-order valence-electron chi connectivity index (χ1n) is 4.51. The van der Waals surface area contributed by atoms with Crippen LogP contribution >= 0.6 is 27.7 Å². The van der Waals surface area contributed by atoms with Crippen LogP contribution in [0.3, 0.4) is 0 Å². The van der Waals surface area contributed by atoms with Gasteiger partial charge in [0.15, 0.2) is 0 Å². The fourth-order valence-corrected chi connectivity index (χ4v) is 2.51. The molecule has 0 bridgehead atoms.